The van der Waals surface area contributed by atoms with Crippen LogP contribution < -0.4 is 4.31 Å². The fourth-order valence-electron chi connectivity index (χ4n) is 1.61. The SMILES string of the molecule is Cc1ccc(N(c2ccccc2Br)S(=O)O)cc1. The molecule has 0 aromatic heterocycles. The largest absolute Gasteiger partial charge is 0.289 e. The van der Waals surface area contributed by atoms with Gasteiger partial charge in [-0.1, -0.05) is 29.8 Å². The number of anilines is 2. The molecule has 0 aliphatic heterocycles. The van der Waals surface area contributed by atoms with Crippen LogP contribution in [0.1, 0.15) is 5.56 Å². The van der Waals surface area contributed by atoms with Gasteiger partial charge in [0.2, 0.25) is 0 Å². The van der Waals surface area contributed by atoms with Gasteiger partial charge in [-0.3, -0.25) is 4.55 Å². The Bertz CT molecular complexity index is 571. The molecule has 18 heavy (non-hydrogen) atoms. The summed E-state index contributed by atoms with van der Waals surface area (Å²) in [6.45, 7) is 1.97. The van der Waals surface area contributed by atoms with E-state index >= 15 is 0 Å². The molecular weight excluding hydrogens is 314 g/mol. The number of hydrogen-bond acceptors (Lipinski definition) is 1. The molecule has 0 bridgehead atoms. The van der Waals surface area contributed by atoms with Gasteiger partial charge in [-0.05, 0) is 47.1 Å². The minimum absolute atomic E-state index is 0.655. The van der Waals surface area contributed by atoms with Gasteiger partial charge in [0.15, 0.2) is 0 Å². The average molecular weight is 326 g/mol. The highest BCUT2D eigenvalue weighted by molar-refractivity contribution is 9.10. The molecule has 1 N–H and O–H groups in total. The number of para-hydroxylation sites is 1. The van der Waals surface area contributed by atoms with Crippen molar-refractivity contribution in [2.45, 2.75) is 6.92 Å². The third-order valence-electron chi connectivity index (χ3n) is 2.50. The van der Waals surface area contributed by atoms with Crippen LogP contribution in [0.3, 0.4) is 0 Å². The predicted molar refractivity (Wildman–Crippen MR) is 78.2 cm³/mol. The van der Waals surface area contributed by atoms with Gasteiger partial charge >= 0.3 is 0 Å². The molecule has 3 nitrogen and oxygen atoms in total. The van der Waals surface area contributed by atoms with E-state index in [1.807, 2.05) is 49.4 Å². The number of aryl methyl sites for hydroxylation is 1. The Morgan fingerprint density at radius 3 is 2.28 bits per heavy atom. The lowest BCUT2D eigenvalue weighted by molar-refractivity contribution is 0.564. The van der Waals surface area contributed by atoms with Gasteiger partial charge < -0.3 is 0 Å². The van der Waals surface area contributed by atoms with E-state index in [-0.39, 0.29) is 0 Å². The lowest BCUT2D eigenvalue weighted by atomic mass is 10.2. The van der Waals surface area contributed by atoms with Crippen LogP contribution in [0, 0.1) is 6.92 Å². The maximum absolute atomic E-state index is 11.6. The zero-order valence-electron chi connectivity index (χ0n) is 9.71. The Balaban J connectivity index is 2.50. The zero-order chi connectivity index (χ0) is 13.1. The normalized spacial score (nSPS) is 12.2. The fourth-order valence-corrected chi connectivity index (χ4v) is 2.82. The van der Waals surface area contributed by atoms with E-state index < -0.39 is 11.3 Å². The van der Waals surface area contributed by atoms with Crippen molar-refractivity contribution in [1.82, 2.24) is 0 Å². The van der Waals surface area contributed by atoms with Crippen LogP contribution in [0.25, 0.3) is 0 Å². The second-order valence-corrected chi connectivity index (χ2v) is 5.49. The molecule has 2 aromatic rings. The van der Waals surface area contributed by atoms with Crippen molar-refractivity contribution in [3.8, 4) is 0 Å². The summed E-state index contributed by atoms with van der Waals surface area (Å²) >= 11 is 1.27. The van der Waals surface area contributed by atoms with Crippen molar-refractivity contribution in [1.29, 1.82) is 0 Å². The lowest BCUT2D eigenvalue weighted by Gasteiger charge is -2.21. The van der Waals surface area contributed by atoms with Gasteiger partial charge in [-0.25, -0.2) is 8.51 Å². The Hall–Kier alpha value is -1.17. The molecule has 0 aliphatic rings. The Morgan fingerprint density at radius 2 is 1.72 bits per heavy atom. The van der Waals surface area contributed by atoms with Crippen molar-refractivity contribution >= 4 is 38.6 Å². The maximum Gasteiger partial charge on any atom is 0.266 e. The first-order chi connectivity index (χ1) is 8.59. The maximum atomic E-state index is 11.6. The summed E-state index contributed by atoms with van der Waals surface area (Å²) in [4.78, 5) is 0. The summed E-state index contributed by atoms with van der Waals surface area (Å²) in [5.74, 6) is 0. The smallest absolute Gasteiger partial charge is 0.266 e. The van der Waals surface area contributed by atoms with Gasteiger partial charge in [0.1, 0.15) is 0 Å². The summed E-state index contributed by atoms with van der Waals surface area (Å²) in [5.41, 5.74) is 2.44. The summed E-state index contributed by atoms with van der Waals surface area (Å²) in [6, 6.07) is 14.8. The predicted octanol–water partition coefficient (Wildman–Crippen LogP) is 4.03. The number of nitrogens with zero attached hydrogens (tertiary/aromatic N) is 1. The van der Waals surface area contributed by atoms with Crippen molar-refractivity contribution in [3.63, 3.8) is 0 Å². The van der Waals surface area contributed by atoms with E-state index in [9.17, 15) is 8.76 Å². The van der Waals surface area contributed by atoms with Gasteiger partial charge in [-0.15, -0.1) is 0 Å². The zero-order valence-corrected chi connectivity index (χ0v) is 12.1. The second-order valence-electron chi connectivity index (χ2n) is 3.81. The van der Waals surface area contributed by atoms with Crippen molar-refractivity contribution in [2.24, 2.45) is 0 Å². The first-order valence-corrected chi connectivity index (χ1v) is 7.17. The van der Waals surface area contributed by atoms with Gasteiger partial charge in [0.25, 0.3) is 11.3 Å². The van der Waals surface area contributed by atoms with E-state index in [4.69, 9.17) is 0 Å². The number of halogens is 1. The lowest BCUT2D eigenvalue weighted by Crippen LogP contribution is -2.19. The molecule has 0 heterocycles. The second kappa shape index (κ2) is 5.65. The topological polar surface area (TPSA) is 40.5 Å². The van der Waals surface area contributed by atoms with E-state index in [0.29, 0.717) is 11.4 Å². The summed E-state index contributed by atoms with van der Waals surface area (Å²) in [5, 5.41) is 0. The highest BCUT2D eigenvalue weighted by Crippen LogP contribution is 2.32. The van der Waals surface area contributed by atoms with Crippen LogP contribution in [0.2, 0.25) is 0 Å². The molecule has 1 unspecified atom stereocenters. The van der Waals surface area contributed by atoms with E-state index in [2.05, 4.69) is 15.9 Å². The first-order valence-electron chi connectivity index (χ1n) is 5.32. The van der Waals surface area contributed by atoms with Crippen LogP contribution in [0.15, 0.2) is 53.0 Å². The average Bonchev–Trinajstić information content (AvgIpc) is 2.34. The Kier molecular flexibility index (Phi) is 4.16. The van der Waals surface area contributed by atoms with E-state index in [0.717, 1.165) is 10.0 Å². The molecule has 0 aliphatic carbocycles. The molecular formula is C13H12BrNO2S. The van der Waals surface area contributed by atoms with Crippen LogP contribution in [0.4, 0.5) is 11.4 Å². The van der Waals surface area contributed by atoms with Crippen LogP contribution in [-0.4, -0.2) is 8.76 Å². The molecule has 5 heteroatoms. The highest BCUT2D eigenvalue weighted by atomic mass is 79.9. The minimum Gasteiger partial charge on any atom is -0.289 e. The van der Waals surface area contributed by atoms with Crippen molar-refractivity contribution in [2.75, 3.05) is 4.31 Å². The standard InChI is InChI=1S/C13H12BrNO2S/c1-10-6-8-11(9-7-10)15(18(16)17)13-5-3-2-4-12(13)14/h2-9H,1H3,(H,16,17). The minimum atomic E-state index is -2.12. The Morgan fingerprint density at radius 1 is 1.11 bits per heavy atom. The van der Waals surface area contributed by atoms with Crippen LogP contribution in [0.5, 0.6) is 0 Å². The molecule has 0 radical (unpaired) electrons. The number of rotatable bonds is 3. The quantitative estimate of drug-likeness (QED) is 0.865. The van der Waals surface area contributed by atoms with Gasteiger partial charge in [0, 0.05) is 4.47 Å². The molecule has 1 atom stereocenters. The first kappa shape index (κ1) is 13.3. The van der Waals surface area contributed by atoms with Crippen LogP contribution >= 0.6 is 15.9 Å². The summed E-state index contributed by atoms with van der Waals surface area (Å²) in [6.07, 6.45) is 0. The number of hydrogen-bond donors (Lipinski definition) is 1. The molecule has 0 saturated carbocycles. The monoisotopic (exact) mass is 325 g/mol. The number of benzene rings is 2. The molecule has 2 rings (SSSR count). The summed E-state index contributed by atoms with van der Waals surface area (Å²) in [7, 11) is 0. The van der Waals surface area contributed by atoms with E-state index in [1.54, 1.807) is 6.07 Å². The van der Waals surface area contributed by atoms with Gasteiger partial charge in [0.05, 0.1) is 11.4 Å². The van der Waals surface area contributed by atoms with Crippen LogP contribution in [-0.2, 0) is 11.3 Å². The summed E-state index contributed by atoms with van der Waals surface area (Å²) < 4.78 is 23.2. The molecule has 0 fully saturated rings. The molecule has 2 aromatic carbocycles. The Labute approximate surface area is 117 Å². The fraction of sp³-hybridized carbons (Fsp3) is 0.0769. The third-order valence-corrected chi connectivity index (χ3v) is 3.89. The molecule has 0 amide bonds. The molecule has 0 saturated heterocycles. The van der Waals surface area contributed by atoms with Crippen molar-refractivity contribution < 1.29 is 8.76 Å². The highest BCUT2D eigenvalue weighted by Gasteiger charge is 2.16. The molecule has 0 spiro atoms. The third kappa shape index (κ3) is 2.80. The molecule has 94 valence electrons. The van der Waals surface area contributed by atoms with Crippen molar-refractivity contribution in [3.05, 3.63) is 58.6 Å². The van der Waals surface area contributed by atoms with E-state index in [1.165, 1.54) is 4.31 Å². The van der Waals surface area contributed by atoms with Gasteiger partial charge in [-0.2, -0.15) is 0 Å².